The predicted octanol–water partition coefficient (Wildman–Crippen LogP) is 1.63. The summed E-state index contributed by atoms with van der Waals surface area (Å²) in [5.41, 5.74) is 0. The fourth-order valence-corrected chi connectivity index (χ4v) is 1.70. The second-order valence-corrected chi connectivity index (χ2v) is 4.40. The van der Waals surface area contributed by atoms with E-state index in [9.17, 15) is 0 Å². The van der Waals surface area contributed by atoms with E-state index in [0.717, 1.165) is 31.9 Å². The van der Waals surface area contributed by atoms with Crippen molar-refractivity contribution in [1.29, 1.82) is 0 Å². The molecule has 1 atom stereocenters. The lowest BCUT2D eigenvalue weighted by Crippen LogP contribution is -2.48. The smallest absolute Gasteiger partial charge is 0.107 e. The molecule has 19 heavy (non-hydrogen) atoms. The second kappa shape index (κ2) is 10.7. The highest BCUT2D eigenvalue weighted by molar-refractivity contribution is 5.11. The van der Waals surface area contributed by atoms with Gasteiger partial charge in [-0.25, -0.2) is 0 Å². The first-order valence-electron chi connectivity index (χ1n) is 6.38. The molecule has 1 unspecified atom stereocenters. The molecule has 0 spiro atoms. The van der Waals surface area contributed by atoms with E-state index in [1.54, 1.807) is 13.4 Å². The summed E-state index contributed by atoms with van der Waals surface area (Å²) in [7, 11) is 3.93. The number of ether oxygens (including phenoxy) is 1. The van der Waals surface area contributed by atoms with E-state index in [1.165, 1.54) is 0 Å². The lowest BCUT2D eigenvalue weighted by Gasteiger charge is -2.35. The fraction of sp³-hybridized carbons (Fsp3) is 0.643. The van der Waals surface area contributed by atoms with Gasteiger partial charge in [0.15, 0.2) is 0 Å². The number of furan rings is 1. The maximum atomic E-state index is 8.00. The van der Waals surface area contributed by atoms with Gasteiger partial charge in [-0.05, 0) is 33.0 Å². The maximum Gasteiger partial charge on any atom is 0.107 e. The minimum atomic E-state index is 0.281. The van der Waals surface area contributed by atoms with Gasteiger partial charge in [-0.15, -0.1) is 0 Å². The van der Waals surface area contributed by atoms with Crippen molar-refractivity contribution in [3.05, 3.63) is 24.2 Å². The summed E-state index contributed by atoms with van der Waals surface area (Å²) in [5, 5.41) is 0. The molecule has 0 amide bonds. The summed E-state index contributed by atoms with van der Waals surface area (Å²) in [4.78, 5) is 12.7. The Morgan fingerprint density at radius 3 is 2.21 bits per heavy atom. The number of piperazine rings is 1. The molecule has 1 fully saturated rings. The largest absolute Gasteiger partial charge is 0.470 e. The molecule has 0 bridgehead atoms. The molecule has 2 rings (SSSR count). The third kappa shape index (κ3) is 7.77. The van der Waals surface area contributed by atoms with Crippen molar-refractivity contribution in [2.75, 3.05) is 40.3 Å². The molecule has 0 N–H and O–H groups in total. The Hall–Kier alpha value is -1.17. The van der Waals surface area contributed by atoms with Crippen LogP contribution in [-0.2, 0) is 9.53 Å². The topological polar surface area (TPSA) is 45.9 Å². The molecule has 5 nitrogen and oxygen atoms in total. The van der Waals surface area contributed by atoms with Crippen LogP contribution in [0.2, 0.25) is 0 Å². The Labute approximate surface area is 116 Å². The van der Waals surface area contributed by atoms with Crippen molar-refractivity contribution in [3.63, 3.8) is 0 Å². The minimum absolute atomic E-state index is 0.281. The third-order valence-electron chi connectivity index (χ3n) is 3.06. The van der Waals surface area contributed by atoms with E-state index in [0.29, 0.717) is 0 Å². The molecule has 2 heterocycles. The van der Waals surface area contributed by atoms with Gasteiger partial charge in [-0.1, -0.05) is 0 Å². The number of likely N-dealkylation sites (N-methyl/N-ethyl adjacent to an activating group) is 1. The molecule has 1 aliphatic heterocycles. The van der Waals surface area contributed by atoms with Crippen LogP contribution in [0, 0.1) is 6.92 Å². The SMILES string of the molecule is C=O.COC(C)N1CCN(C)CC1.Cc1ccco1. The van der Waals surface area contributed by atoms with Crippen molar-refractivity contribution >= 4 is 6.79 Å². The first-order valence-corrected chi connectivity index (χ1v) is 6.38. The molecule has 0 aliphatic carbocycles. The van der Waals surface area contributed by atoms with E-state index in [1.807, 2.05) is 25.8 Å². The molecule has 0 radical (unpaired) electrons. The Morgan fingerprint density at radius 2 is 1.89 bits per heavy atom. The van der Waals surface area contributed by atoms with E-state index in [4.69, 9.17) is 13.9 Å². The normalized spacial score (nSPS) is 17.7. The Bertz CT molecular complexity index is 296. The van der Waals surface area contributed by atoms with Crippen LogP contribution in [-0.4, -0.2) is 63.2 Å². The zero-order valence-corrected chi connectivity index (χ0v) is 12.5. The molecular formula is C14H26N2O3. The van der Waals surface area contributed by atoms with Crippen molar-refractivity contribution in [2.45, 2.75) is 20.1 Å². The predicted molar refractivity (Wildman–Crippen MR) is 76.1 cm³/mol. The molecule has 1 saturated heterocycles. The number of nitrogens with zero attached hydrogens (tertiary/aromatic N) is 2. The average molecular weight is 270 g/mol. The van der Waals surface area contributed by atoms with Crippen molar-refractivity contribution in [2.24, 2.45) is 0 Å². The van der Waals surface area contributed by atoms with E-state index >= 15 is 0 Å². The maximum absolute atomic E-state index is 8.00. The van der Waals surface area contributed by atoms with Crippen molar-refractivity contribution < 1.29 is 13.9 Å². The van der Waals surface area contributed by atoms with Gasteiger partial charge in [0.05, 0.1) is 6.26 Å². The lowest BCUT2D eigenvalue weighted by atomic mass is 10.3. The molecule has 1 aromatic rings. The van der Waals surface area contributed by atoms with Crippen molar-refractivity contribution in [3.8, 4) is 0 Å². The van der Waals surface area contributed by atoms with Crippen molar-refractivity contribution in [1.82, 2.24) is 9.80 Å². The number of aryl methyl sites for hydroxylation is 1. The van der Waals surface area contributed by atoms with Crippen LogP contribution in [0.1, 0.15) is 12.7 Å². The summed E-state index contributed by atoms with van der Waals surface area (Å²) >= 11 is 0. The van der Waals surface area contributed by atoms with Crippen LogP contribution >= 0.6 is 0 Å². The number of hydrogen-bond donors (Lipinski definition) is 0. The van der Waals surface area contributed by atoms with E-state index < -0.39 is 0 Å². The highest BCUT2D eigenvalue weighted by Gasteiger charge is 2.17. The first-order chi connectivity index (χ1) is 9.13. The summed E-state index contributed by atoms with van der Waals surface area (Å²) < 4.78 is 10.1. The van der Waals surface area contributed by atoms with Crippen LogP contribution in [0.3, 0.4) is 0 Å². The van der Waals surface area contributed by atoms with Crippen LogP contribution in [0.5, 0.6) is 0 Å². The van der Waals surface area contributed by atoms with Gasteiger partial charge >= 0.3 is 0 Å². The second-order valence-electron chi connectivity index (χ2n) is 4.40. The monoisotopic (exact) mass is 270 g/mol. The first kappa shape index (κ1) is 17.8. The molecule has 5 heteroatoms. The van der Waals surface area contributed by atoms with Gasteiger partial charge in [0, 0.05) is 33.3 Å². The highest BCUT2D eigenvalue weighted by Crippen LogP contribution is 2.04. The minimum Gasteiger partial charge on any atom is -0.470 e. The summed E-state index contributed by atoms with van der Waals surface area (Å²) in [6.07, 6.45) is 1.94. The van der Waals surface area contributed by atoms with Crippen LogP contribution in [0.25, 0.3) is 0 Å². The summed E-state index contributed by atoms with van der Waals surface area (Å²) in [6, 6.07) is 3.79. The fourth-order valence-electron chi connectivity index (χ4n) is 1.70. The lowest BCUT2D eigenvalue weighted by molar-refractivity contribution is -0.0979. The molecule has 0 aromatic carbocycles. The molecule has 1 aromatic heterocycles. The standard InChI is InChI=1S/C8H18N2O.C5H6O.CH2O/c1-8(11-3)10-6-4-9(2)5-7-10;1-5-3-2-4-6-5;1-2/h8H,4-7H2,1-3H3;2-4H,1H3;1H2. The quantitative estimate of drug-likeness (QED) is 0.817. The average Bonchev–Trinajstić information content (AvgIpc) is 2.93. The third-order valence-corrected chi connectivity index (χ3v) is 3.06. The van der Waals surface area contributed by atoms with Gasteiger partial charge in [-0.2, -0.15) is 0 Å². The Kier molecular flexibility index (Phi) is 10.1. The van der Waals surface area contributed by atoms with E-state index in [-0.39, 0.29) is 6.23 Å². The number of carbonyl (C=O) groups excluding carboxylic acids is 1. The summed E-state index contributed by atoms with van der Waals surface area (Å²) in [6.45, 7) is 10.6. The molecule has 0 saturated carbocycles. The number of methoxy groups -OCH3 is 1. The zero-order valence-electron chi connectivity index (χ0n) is 12.5. The zero-order chi connectivity index (χ0) is 14.7. The number of hydrogen-bond acceptors (Lipinski definition) is 5. The van der Waals surface area contributed by atoms with Gasteiger partial charge < -0.3 is 18.8 Å². The number of rotatable bonds is 2. The van der Waals surface area contributed by atoms with Gasteiger partial charge in [0.2, 0.25) is 0 Å². The molecule has 1 aliphatic rings. The van der Waals surface area contributed by atoms with E-state index in [2.05, 4.69) is 23.8 Å². The van der Waals surface area contributed by atoms with Gasteiger partial charge in [-0.3, -0.25) is 4.90 Å². The van der Waals surface area contributed by atoms with Crippen LogP contribution < -0.4 is 0 Å². The Balaban J connectivity index is 0.000000341. The number of carbonyl (C=O) groups is 1. The molecular weight excluding hydrogens is 244 g/mol. The van der Waals surface area contributed by atoms with Gasteiger partial charge in [0.25, 0.3) is 0 Å². The summed E-state index contributed by atoms with van der Waals surface area (Å²) in [5.74, 6) is 0.968. The van der Waals surface area contributed by atoms with Crippen LogP contribution in [0.4, 0.5) is 0 Å². The van der Waals surface area contributed by atoms with Crippen LogP contribution in [0.15, 0.2) is 22.8 Å². The Morgan fingerprint density at radius 1 is 1.32 bits per heavy atom. The molecule has 110 valence electrons. The highest BCUT2D eigenvalue weighted by atomic mass is 16.5. The van der Waals surface area contributed by atoms with Gasteiger partial charge in [0.1, 0.15) is 18.8 Å².